The Kier molecular flexibility index (Phi) is 2.37. The Labute approximate surface area is 109 Å². The molecule has 0 radical (unpaired) electrons. The minimum atomic E-state index is 0.141. The van der Waals surface area contributed by atoms with Gasteiger partial charge in [0.2, 0.25) is 11.9 Å². The minimum Gasteiger partial charge on any atom is -0.382 e. The van der Waals surface area contributed by atoms with E-state index in [1.54, 1.807) is 10.9 Å². The van der Waals surface area contributed by atoms with Crippen molar-refractivity contribution in [2.24, 2.45) is 0 Å². The van der Waals surface area contributed by atoms with Crippen molar-refractivity contribution in [3.05, 3.63) is 18.0 Å². The molecule has 3 rings (SSSR count). The van der Waals surface area contributed by atoms with Crippen LogP contribution in [-0.4, -0.2) is 29.3 Å². The van der Waals surface area contributed by atoms with Crippen molar-refractivity contribution in [1.29, 1.82) is 0 Å². The molecule has 98 valence electrons. The summed E-state index contributed by atoms with van der Waals surface area (Å²) in [6.45, 7) is 4.64. The molecule has 0 bridgehead atoms. The van der Waals surface area contributed by atoms with Gasteiger partial charge in [0.25, 0.3) is 0 Å². The predicted molar refractivity (Wildman–Crippen MR) is 71.7 cm³/mol. The van der Waals surface area contributed by atoms with Gasteiger partial charge in [-0.05, 0) is 19.4 Å². The fourth-order valence-corrected chi connectivity index (χ4v) is 2.02. The molecule has 0 saturated heterocycles. The lowest BCUT2D eigenvalue weighted by Crippen LogP contribution is -2.07. The van der Waals surface area contributed by atoms with E-state index in [0.717, 1.165) is 5.56 Å². The number of aromatic nitrogens is 6. The summed E-state index contributed by atoms with van der Waals surface area (Å²) in [5.74, 6) is 1.07. The summed E-state index contributed by atoms with van der Waals surface area (Å²) in [6.07, 6.45) is 3.66. The third-order valence-electron chi connectivity index (χ3n) is 2.85. The highest BCUT2D eigenvalue weighted by atomic mass is 15.4. The van der Waals surface area contributed by atoms with E-state index < -0.39 is 0 Å². The molecule has 0 unspecified atom stereocenters. The molecule has 3 heterocycles. The van der Waals surface area contributed by atoms with E-state index in [-0.39, 0.29) is 11.8 Å². The number of fused-ring (bicyclic) bond motifs is 1. The standard InChI is InChI=1S/C11H14N8/c1-3-18-9-7(8(12)16-10(13)17-9)15-11(18)19-5-6(2)4-14-19/h4-5H,3H2,1-2H3,(H4,12,13,16,17). The molecule has 0 aliphatic heterocycles. The first-order valence-corrected chi connectivity index (χ1v) is 5.91. The van der Waals surface area contributed by atoms with E-state index in [1.807, 2.05) is 24.6 Å². The van der Waals surface area contributed by atoms with E-state index in [2.05, 4.69) is 20.1 Å². The van der Waals surface area contributed by atoms with Crippen LogP contribution < -0.4 is 11.5 Å². The lowest BCUT2D eigenvalue weighted by atomic mass is 10.4. The number of aryl methyl sites for hydroxylation is 2. The van der Waals surface area contributed by atoms with Crippen molar-refractivity contribution in [3.8, 4) is 5.95 Å². The topological polar surface area (TPSA) is 113 Å². The van der Waals surface area contributed by atoms with Crippen LogP contribution in [0.3, 0.4) is 0 Å². The molecule has 0 spiro atoms. The molecule has 8 nitrogen and oxygen atoms in total. The number of nitrogens with zero attached hydrogens (tertiary/aromatic N) is 6. The zero-order valence-corrected chi connectivity index (χ0v) is 10.7. The Balaban J connectivity index is 2.34. The van der Waals surface area contributed by atoms with Gasteiger partial charge in [-0.2, -0.15) is 15.1 Å². The Morgan fingerprint density at radius 1 is 1.21 bits per heavy atom. The SMILES string of the molecule is CCn1c(-n2cc(C)cn2)nc2c(N)nc(N)nc21. The minimum absolute atomic E-state index is 0.141. The molecule has 0 amide bonds. The molecular weight excluding hydrogens is 244 g/mol. The number of rotatable bonds is 2. The second-order valence-electron chi connectivity index (χ2n) is 4.26. The summed E-state index contributed by atoms with van der Waals surface area (Å²) in [6, 6.07) is 0. The molecule has 0 atom stereocenters. The van der Waals surface area contributed by atoms with Crippen LogP contribution in [0.15, 0.2) is 12.4 Å². The lowest BCUT2D eigenvalue weighted by molar-refractivity contribution is 0.697. The highest BCUT2D eigenvalue weighted by Crippen LogP contribution is 2.21. The summed E-state index contributed by atoms with van der Waals surface area (Å²) in [5, 5.41) is 4.26. The van der Waals surface area contributed by atoms with Crippen LogP contribution in [0.4, 0.5) is 11.8 Å². The highest BCUT2D eigenvalue weighted by molar-refractivity contribution is 5.84. The van der Waals surface area contributed by atoms with Crippen molar-refractivity contribution in [2.45, 2.75) is 20.4 Å². The monoisotopic (exact) mass is 258 g/mol. The second kappa shape index (κ2) is 3.94. The number of nitrogen functional groups attached to an aromatic ring is 2. The first-order valence-electron chi connectivity index (χ1n) is 5.91. The van der Waals surface area contributed by atoms with Crippen LogP contribution in [0.5, 0.6) is 0 Å². The van der Waals surface area contributed by atoms with Crippen LogP contribution in [0.1, 0.15) is 12.5 Å². The van der Waals surface area contributed by atoms with Gasteiger partial charge in [-0.3, -0.25) is 4.57 Å². The maximum absolute atomic E-state index is 5.84. The van der Waals surface area contributed by atoms with E-state index in [4.69, 9.17) is 11.5 Å². The fraction of sp³-hybridized carbons (Fsp3) is 0.273. The van der Waals surface area contributed by atoms with Crippen molar-refractivity contribution >= 4 is 22.9 Å². The summed E-state index contributed by atoms with van der Waals surface area (Å²) >= 11 is 0. The van der Waals surface area contributed by atoms with Crippen LogP contribution >= 0.6 is 0 Å². The van der Waals surface area contributed by atoms with E-state index >= 15 is 0 Å². The molecule has 0 aliphatic carbocycles. The van der Waals surface area contributed by atoms with E-state index in [9.17, 15) is 0 Å². The fourth-order valence-electron chi connectivity index (χ4n) is 2.02. The molecule has 4 N–H and O–H groups in total. The molecule has 0 aromatic carbocycles. The van der Waals surface area contributed by atoms with E-state index in [1.165, 1.54) is 0 Å². The zero-order chi connectivity index (χ0) is 13.6. The Bertz CT molecular complexity index is 753. The highest BCUT2D eigenvalue weighted by Gasteiger charge is 2.16. The third-order valence-corrected chi connectivity index (χ3v) is 2.85. The molecular formula is C11H14N8. The third kappa shape index (κ3) is 1.68. The molecule has 3 aromatic rings. The van der Waals surface area contributed by atoms with E-state index in [0.29, 0.717) is 23.7 Å². The lowest BCUT2D eigenvalue weighted by Gasteiger charge is -2.04. The van der Waals surface area contributed by atoms with Gasteiger partial charge < -0.3 is 11.5 Å². The van der Waals surface area contributed by atoms with Crippen molar-refractivity contribution in [1.82, 2.24) is 29.3 Å². The van der Waals surface area contributed by atoms with Crippen molar-refractivity contribution < 1.29 is 0 Å². The van der Waals surface area contributed by atoms with Crippen LogP contribution in [0.25, 0.3) is 17.1 Å². The molecule has 19 heavy (non-hydrogen) atoms. The first kappa shape index (κ1) is 11.5. The van der Waals surface area contributed by atoms with Crippen LogP contribution in [0, 0.1) is 6.92 Å². The summed E-state index contributed by atoms with van der Waals surface area (Å²) < 4.78 is 3.59. The van der Waals surface area contributed by atoms with Gasteiger partial charge in [-0.25, -0.2) is 9.67 Å². The van der Waals surface area contributed by atoms with Gasteiger partial charge in [0, 0.05) is 12.7 Å². The maximum atomic E-state index is 5.84. The number of anilines is 2. The average molecular weight is 258 g/mol. The quantitative estimate of drug-likeness (QED) is 0.692. The largest absolute Gasteiger partial charge is 0.382 e. The number of nitrogens with two attached hydrogens (primary N) is 2. The van der Waals surface area contributed by atoms with Gasteiger partial charge in [-0.1, -0.05) is 0 Å². The normalized spacial score (nSPS) is 11.3. The van der Waals surface area contributed by atoms with Gasteiger partial charge in [-0.15, -0.1) is 0 Å². The molecule has 0 aliphatic rings. The predicted octanol–water partition coefficient (Wildman–Crippen LogP) is 0.505. The summed E-state index contributed by atoms with van der Waals surface area (Å²) in [5.41, 5.74) is 13.7. The van der Waals surface area contributed by atoms with Crippen LogP contribution in [-0.2, 0) is 6.54 Å². The number of imidazole rings is 1. The zero-order valence-electron chi connectivity index (χ0n) is 10.7. The molecule has 3 aromatic heterocycles. The Hall–Kier alpha value is -2.64. The molecule has 0 saturated carbocycles. The smallest absolute Gasteiger partial charge is 0.233 e. The van der Waals surface area contributed by atoms with Crippen molar-refractivity contribution in [3.63, 3.8) is 0 Å². The first-order chi connectivity index (χ1) is 9.10. The number of hydrogen-bond donors (Lipinski definition) is 2. The second-order valence-corrected chi connectivity index (χ2v) is 4.26. The van der Waals surface area contributed by atoms with Gasteiger partial charge in [0.05, 0.1) is 6.20 Å². The van der Waals surface area contributed by atoms with Gasteiger partial charge >= 0.3 is 0 Å². The van der Waals surface area contributed by atoms with Crippen molar-refractivity contribution in [2.75, 3.05) is 11.5 Å². The van der Waals surface area contributed by atoms with Gasteiger partial charge in [0.1, 0.15) is 0 Å². The number of hydrogen-bond acceptors (Lipinski definition) is 6. The summed E-state index contributed by atoms with van der Waals surface area (Å²) in [4.78, 5) is 12.6. The summed E-state index contributed by atoms with van der Waals surface area (Å²) in [7, 11) is 0. The molecule has 0 fully saturated rings. The molecule has 8 heteroatoms. The Morgan fingerprint density at radius 3 is 2.63 bits per heavy atom. The Morgan fingerprint density at radius 2 is 2.00 bits per heavy atom. The maximum Gasteiger partial charge on any atom is 0.233 e. The average Bonchev–Trinajstić information content (AvgIpc) is 2.92. The van der Waals surface area contributed by atoms with Gasteiger partial charge in [0.15, 0.2) is 17.0 Å². The van der Waals surface area contributed by atoms with Crippen LogP contribution in [0.2, 0.25) is 0 Å².